The zero-order chi connectivity index (χ0) is 13.9. The molecule has 0 radical (unpaired) electrons. The van der Waals surface area contributed by atoms with Gasteiger partial charge in [0.2, 0.25) is 0 Å². The van der Waals surface area contributed by atoms with E-state index in [0.717, 1.165) is 34.6 Å². The van der Waals surface area contributed by atoms with Gasteiger partial charge in [-0.3, -0.25) is 0 Å². The zero-order valence-corrected chi connectivity index (χ0v) is 12.8. The van der Waals surface area contributed by atoms with Crippen LogP contribution >= 0.6 is 15.9 Å². The summed E-state index contributed by atoms with van der Waals surface area (Å²) in [5, 5.41) is 3.40. The summed E-state index contributed by atoms with van der Waals surface area (Å²) in [4.78, 5) is 0. The minimum atomic E-state index is 0.178. The van der Waals surface area contributed by atoms with Gasteiger partial charge in [-0.1, -0.05) is 34.1 Å². The summed E-state index contributed by atoms with van der Waals surface area (Å²) >= 11 is 3.48. The van der Waals surface area contributed by atoms with Crippen molar-refractivity contribution in [1.82, 2.24) is 0 Å². The van der Waals surface area contributed by atoms with Crippen molar-refractivity contribution in [3.63, 3.8) is 0 Å². The van der Waals surface area contributed by atoms with E-state index in [2.05, 4.69) is 33.4 Å². The van der Waals surface area contributed by atoms with Crippen LogP contribution in [-0.4, -0.2) is 19.8 Å². The fraction of sp³-hybridized carbons (Fsp3) is 0.250. The first kappa shape index (κ1) is 13.3. The molecule has 0 amide bonds. The molecule has 0 aromatic heterocycles. The van der Waals surface area contributed by atoms with Gasteiger partial charge in [-0.05, 0) is 23.8 Å². The SMILES string of the molecule is COc1cc(Br)cc(NCC2Cc3ccccc3O2)c1. The van der Waals surface area contributed by atoms with Gasteiger partial charge >= 0.3 is 0 Å². The average molecular weight is 334 g/mol. The number of halogens is 1. The number of para-hydroxylation sites is 1. The molecule has 1 unspecified atom stereocenters. The van der Waals surface area contributed by atoms with Gasteiger partial charge in [0, 0.05) is 22.6 Å². The molecule has 0 spiro atoms. The van der Waals surface area contributed by atoms with Gasteiger partial charge in [0.15, 0.2) is 0 Å². The first-order chi connectivity index (χ1) is 9.74. The molecule has 104 valence electrons. The lowest BCUT2D eigenvalue weighted by Crippen LogP contribution is -2.23. The Labute approximate surface area is 127 Å². The van der Waals surface area contributed by atoms with Crippen molar-refractivity contribution in [2.75, 3.05) is 19.0 Å². The number of hydrogen-bond donors (Lipinski definition) is 1. The molecule has 0 bridgehead atoms. The highest BCUT2D eigenvalue weighted by Gasteiger charge is 2.21. The van der Waals surface area contributed by atoms with Crippen molar-refractivity contribution in [3.8, 4) is 11.5 Å². The minimum Gasteiger partial charge on any atom is -0.497 e. The van der Waals surface area contributed by atoms with Crippen LogP contribution in [0.5, 0.6) is 11.5 Å². The normalized spacial score (nSPS) is 16.4. The molecule has 2 aromatic rings. The maximum Gasteiger partial charge on any atom is 0.123 e. The second-order valence-corrected chi connectivity index (χ2v) is 5.73. The van der Waals surface area contributed by atoms with Gasteiger partial charge in [-0.15, -0.1) is 0 Å². The molecule has 1 heterocycles. The number of anilines is 1. The summed E-state index contributed by atoms with van der Waals surface area (Å²) in [5.74, 6) is 1.84. The number of rotatable bonds is 4. The van der Waals surface area contributed by atoms with Crippen LogP contribution in [0.4, 0.5) is 5.69 Å². The second-order valence-electron chi connectivity index (χ2n) is 4.81. The second kappa shape index (κ2) is 5.75. The lowest BCUT2D eigenvalue weighted by molar-refractivity contribution is 0.246. The third kappa shape index (κ3) is 2.90. The van der Waals surface area contributed by atoms with Crippen LogP contribution < -0.4 is 14.8 Å². The molecule has 1 atom stereocenters. The van der Waals surface area contributed by atoms with Gasteiger partial charge in [0.05, 0.1) is 13.7 Å². The quantitative estimate of drug-likeness (QED) is 0.921. The summed E-state index contributed by atoms with van der Waals surface area (Å²) in [6.07, 6.45) is 1.13. The van der Waals surface area contributed by atoms with Crippen molar-refractivity contribution in [2.45, 2.75) is 12.5 Å². The Hall–Kier alpha value is -1.68. The zero-order valence-electron chi connectivity index (χ0n) is 11.2. The molecule has 0 saturated heterocycles. The van der Waals surface area contributed by atoms with Crippen LogP contribution in [0.25, 0.3) is 0 Å². The highest BCUT2D eigenvalue weighted by Crippen LogP contribution is 2.29. The van der Waals surface area contributed by atoms with E-state index >= 15 is 0 Å². The minimum absolute atomic E-state index is 0.178. The maximum absolute atomic E-state index is 5.91. The summed E-state index contributed by atoms with van der Waals surface area (Å²) in [7, 11) is 1.67. The van der Waals surface area contributed by atoms with E-state index in [9.17, 15) is 0 Å². The van der Waals surface area contributed by atoms with Gasteiger partial charge in [0.1, 0.15) is 17.6 Å². The Balaban J connectivity index is 1.63. The van der Waals surface area contributed by atoms with Crippen molar-refractivity contribution in [2.24, 2.45) is 0 Å². The lowest BCUT2D eigenvalue weighted by atomic mass is 10.1. The van der Waals surface area contributed by atoms with Crippen LogP contribution in [0.3, 0.4) is 0 Å². The molecule has 2 aromatic carbocycles. The largest absolute Gasteiger partial charge is 0.497 e. The third-order valence-corrected chi connectivity index (χ3v) is 3.81. The van der Waals surface area contributed by atoms with Gasteiger partial charge in [-0.25, -0.2) is 0 Å². The third-order valence-electron chi connectivity index (χ3n) is 3.35. The topological polar surface area (TPSA) is 30.5 Å². The predicted octanol–water partition coefficient (Wildman–Crippen LogP) is 3.87. The predicted molar refractivity (Wildman–Crippen MR) is 83.7 cm³/mol. The van der Waals surface area contributed by atoms with Crippen LogP contribution in [0.1, 0.15) is 5.56 Å². The highest BCUT2D eigenvalue weighted by atomic mass is 79.9. The summed E-state index contributed by atoms with van der Waals surface area (Å²) in [5.41, 5.74) is 2.31. The summed E-state index contributed by atoms with van der Waals surface area (Å²) in [6, 6.07) is 14.2. The number of nitrogens with one attached hydrogen (secondary N) is 1. The molecule has 1 aliphatic heterocycles. The first-order valence-corrected chi connectivity index (χ1v) is 7.37. The van der Waals surface area contributed by atoms with Crippen molar-refractivity contribution >= 4 is 21.6 Å². The first-order valence-electron chi connectivity index (χ1n) is 6.57. The van der Waals surface area contributed by atoms with E-state index < -0.39 is 0 Å². The molecule has 4 heteroatoms. The number of hydrogen-bond acceptors (Lipinski definition) is 3. The molecular formula is C16H16BrNO2. The van der Waals surface area contributed by atoms with Crippen molar-refractivity contribution in [3.05, 3.63) is 52.5 Å². The van der Waals surface area contributed by atoms with Gasteiger partial charge < -0.3 is 14.8 Å². The molecule has 0 aliphatic carbocycles. The van der Waals surface area contributed by atoms with E-state index in [1.807, 2.05) is 30.3 Å². The molecule has 3 rings (SSSR count). The average Bonchev–Trinajstić information content (AvgIpc) is 2.87. The number of methoxy groups -OCH3 is 1. The molecule has 1 N–H and O–H groups in total. The Morgan fingerprint density at radius 3 is 2.95 bits per heavy atom. The number of ether oxygens (including phenoxy) is 2. The van der Waals surface area contributed by atoms with Crippen LogP contribution in [0.2, 0.25) is 0 Å². The molecule has 3 nitrogen and oxygen atoms in total. The number of benzene rings is 2. The molecular weight excluding hydrogens is 318 g/mol. The van der Waals surface area contributed by atoms with E-state index in [-0.39, 0.29) is 6.10 Å². The van der Waals surface area contributed by atoms with Crippen molar-refractivity contribution < 1.29 is 9.47 Å². The Morgan fingerprint density at radius 1 is 1.30 bits per heavy atom. The highest BCUT2D eigenvalue weighted by molar-refractivity contribution is 9.10. The van der Waals surface area contributed by atoms with Gasteiger partial charge in [-0.2, -0.15) is 0 Å². The van der Waals surface area contributed by atoms with Crippen LogP contribution in [0.15, 0.2) is 46.9 Å². The van der Waals surface area contributed by atoms with Crippen LogP contribution in [-0.2, 0) is 6.42 Å². The van der Waals surface area contributed by atoms with Gasteiger partial charge in [0.25, 0.3) is 0 Å². The fourth-order valence-electron chi connectivity index (χ4n) is 2.38. The van der Waals surface area contributed by atoms with E-state index in [1.165, 1.54) is 5.56 Å². The smallest absolute Gasteiger partial charge is 0.123 e. The Bertz CT molecular complexity index is 590. The van der Waals surface area contributed by atoms with Crippen molar-refractivity contribution in [1.29, 1.82) is 0 Å². The number of fused-ring (bicyclic) bond motifs is 1. The van der Waals surface area contributed by atoms with E-state index in [4.69, 9.17) is 9.47 Å². The Kier molecular flexibility index (Phi) is 3.83. The summed E-state index contributed by atoms with van der Waals surface area (Å²) in [6.45, 7) is 0.772. The standard InChI is InChI=1S/C16H16BrNO2/c1-19-14-8-12(17)7-13(9-14)18-10-15-6-11-4-2-3-5-16(11)20-15/h2-5,7-9,15,18H,6,10H2,1H3. The maximum atomic E-state index is 5.91. The molecule has 20 heavy (non-hydrogen) atoms. The molecule has 1 aliphatic rings. The van der Waals surface area contributed by atoms with E-state index in [1.54, 1.807) is 7.11 Å². The fourth-order valence-corrected chi connectivity index (χ4v) is 2.85. The molecule has 0 saturated carbocycles. The van der Waals surface area contributed by atoms with Crippen LogP contribution in [0, 0.1) is 0 Å². The Morgan fingerprint density at radius 2 is 2.15 bits per heavy atom. The van der Waals surface area contributed by atoms with E-state index in [0.29, 0.717) is 0 Å². The monoisotopic (exact) mass is 333 g/mol. The lowest BCUT2D eigenvalue weighted by Gasteiger charge is -2.14. The molecule has 0 fully saturated rings. The summed E-state index contributed by atoms with van der Waals surface area (Å²) < 4.78 is 12.2.